The number of carbonyl (C=O) groups is 2. The van der Waals surface area contributed by atoms with Crippen LogP contribution in [0.2, 0.25) is 0 Å². The minimum atomic E-state index is -0.586. The van der Waals surface area contributed by atoms with Gasteiger partial charge in [0.2, 0.25) is 0 Å². The van der Waals surface area contributed by atoms with E-state index in [1.165, 1.54) is 0 Å². The van der Waals surface area contributed by atoms with Gasteiger partial charge in [-0.3, -0.25) is 9.59 Å². The first-order valence-corrected chi connectivity index (χ1v) is 6.43. The lowest BCUT2D eigenvalue weighted by Crippen LogP contribution is -2.42. The number of Topliss-reactive ketones (excluding diaryl/α,β-unsaturated/α-hetero) is 1. The van der Waals surface area contributed by atoms with Crippen molar-refractivity contribution in [2.45, 2.75) is 25.4 Å². The smallest absolute Gasteiger partial charge is 0.296 e. The van der Waals surface area contributed by atoms with Crippen LogP contribution in [-0.4, -0.2) is 35.5 Å². The van der Waals surface area contributed by atoms with Gasteiger partial charge in [0.1, 0.15) is 0 Å². The molecule has 0 aliphatic carbocycles. The van der Waals surface area contributed by atoms with Crippen molar-refractivity contribution in [1.82, 2.24) is 0 Å². The number of benzene rings is 1. The summed E-state index contributed by atoms with van der Waals surface area (Å²) in [5.74, 6) is -1.03. The summed E-state index contributed by atoms with van der Waals surface area (Å²) in [6.45, 7) is 3.40. The van der Waals surface area contributed by atoms with E-state index in [1.54, 1.807) is 6.07 Å². The molecule has 2 N–H and O–H groups in total. The zero-order chi connectivity index (χ0) is 13.6. The largest absolute Gasteiger partial charge is 0.390 e. The summed E-state index contributed by atoms with van der Waals surface area (Å²) in [7, 11) is 0. The van der Waals surface area contributed by atoms with Crippen molar-refractivity contribution in [3.63, 3.8) is 0 Å². The molecule has 0 aromatic heterocycles. The monoisotopic (exact) mass is 260 g/mol. The molecular weight excluding hydrogens is 244 g/mol. The molecule has 1 aromatic carbocycles. The van der Waals surface area contributed by atoms with Gasteiger partial charge in [-0.15, -0.1) is 0 Å². The van der Waals surface area contributed by atoms with E-state index < -0.39 is 17.3 Å². The zero-order valence-corrected chi connectivity index (χ0v) is 10.8. The number of hydrogen-bond acceptors (Lipinski definition) is 4. The van der Waals surface area contributed by atoms with Crippen molar-refractivity contribution in [3.8, 4) is 0 Å². The Hall–Kier alpha value is -1.88. The number of carbonyl (C=O) groups excluding carboxylic acids is 2. The third-order valence-electron chi connectivity index (χ3n) is 3.91. The number of rotatable bonds is 1. The maximum atomic E-state index is 11.5. The summed E-state index contributed by atoms with van der Waals surface area (Å²) >= 11 is 0. The van der Waals surface area contributed by atoms with Crippen LogP contribution in [0, 0.1) is 0 Å². The lowest BCUT2D eigenvalue weighted by molar-refractivity contribution is -0.112. The summed E-state index contributed by atoms with van der Waals surface area (Å²) in [6.07, 6.45) is 1.44. The molecule has 0 atom stereocenters. The molecule has 5 heteroatoms. The Morgan fingerprint density at radius 1 is 1.26 bits per heavy atom. The minimum absolute atomic E-state index is 0.442. The summed E-state index contributed by atoms with van der Waals surface area (Å²) < 4.78 is 0. The fourth-order valence-electron chi connectivity index (χ4n) is 2.58. The second kappa shape index (κ2) is 4.06. The first-order chi connectivity index (χ1) is 8.96. The van der Waals surface area contributed by atoms with Crippen molar-refractivity contribution in [2.24, 2.45) is 0 Å². The van der Waals surface area contributed by atoms with Crippen molar-refractivity contribution in [2.75, 3.05) is 23.3 Å². The summed E-state index contributed by atoms with van der Waals surface area (Å²) in [5.41, 5.74) is 1.42. The molecular formula is C14H16N2O3. The molecule has 2 heterocycles. The highest BCUT2D eigenvalue weighted by molar-refractivity contribution is 6.51. The van der Waals surface area contributed by atoms with E-state index >= 15 is 0 Å². The number of amides is 1. The molecule has 0 bridgehead atoms. The number of nitrogens with zero attached hydrogens (tertiary/aromatic N) is 1. The average molecular weight is 260 g/mol. The molecule has 2 aliphatic heterocycles. The van der Waals surface area contributed by atoms with E-state index in [-0.39, 0.29) is 0 Å². The zero-order valence-electron chi connectivity index (χ0n) is 10.8. The van der Waals surface area contributed by atoms with Crippen LogP contribution in [0.1, 0.15) is 30.1 Å². The molecule has 1 amide bonds. The molecule has 0 spiro atoms. The van der Waals surface area contributed by atoms with Gasteiger partial charge in [0.15, 0.2) is 0 Å². The molecule has 0 unspecified atom stereocenters. The van der Waals surface area contributed by atoms with Crippen LogP contribution < -0.4 is 10.2 Å². The number of piperidine rings is 1. The Morgan fingerprint density at radius 3 is 2.63 bits per heavy atom. The quantitative estimate of drug-likeness (QED) is 0.744. The van der Waals surface area contributed by atoms with E-state index in [0.717, 1.165) is 31.6 Å². The molecule has 0 saturated carbocycles. The molecule has 19 heavy (non-hydrogen) atoms. The summed E-state index contributed by atoms with van der Waals surface area (Å²) in [4.78, 5) is 25.0. The number of aliphatic hydroxyl groups is 1. The van der Waals surface area contributed by atoms with E-state index in [2.05, 4.69) is 10.2 Å². The number of ketones is 1. The van der Waals surface area contributed by atoms with Gasteiger partial charge in [0, 0.05) is 18.8 Å². The van der Waals surface area contributed by atoms with Gasteiger partial charge in [-0.1, -0.05) is 0 Å². The Bertz CT molecular complexity index is 556. The standard InChI is InChI=1S/C14H16N2O3/c1-14(19)4-6-16(7-5-14)9-2-3-10-11(8-9)15-13(18)12(10)17/h2-3,8,19H,4-7H2,1H3,(H,15,17,18). The topological polar surface area (TPSA) is 69.6 Å². The SMILES string of the molecule is CC1(O)CCN(c2ccc3c(c2)NC(=O)C3=O)CC1. The number of nitrogens with one attached hydrogen (secondary N) is 1. The maximum Gasteiger partial charge on any atom is 0.296 e. The van der Waals surface area contributed by atoms with Gasteiger partial charge in [-0.05, 0) is 38.0 Å². The maximum absolute atomic E-state index is 11.5. The highest BCUT2D eigenvalue weighted by Gasteiger charge is 2.30. The predicted octanol–water partition coefficient (Wildman–Crippen LogP) is 1.17. The van der Waals surface area contributed by atoms with Crippen LogP contribution >= 0.6 is 0 Å². The van der Waals surface area contributed by atoms with E-state index in [1.807, 2.05) is 19.1 Å². The Kier molecular flexibility index (Phi) is 2.60. The number of anilines is 2. The van der Waals surface area contributed by atoms with Crippen LogP contribution in [-0.2, 0) is 4.79 Å². The van der Waals surface area contributed by atoms with Gasteiger partial charge in [-0.25, -0.2) is 0 Å². The third kappa shape index (κ3) is 2.10. The molecule has 1 saturated heterocycles. The Morgan fingerprint density at radius 2 is 1.95 bits per heavy atom. The van der Waals surface area contributed by atoms with Crippen molar-refractivity contribution in [3.05, 3.63) is 23.8 Å². The fraction of sp³-hybridized carbons (Fsp3) is 0.429. The molecule has 100 valence electrons. The van der Waals surface area contributed by atoms with Crippen LogP contribution in [0.5, 0.6) is 0 Å². The third-order valence-corrected chi connectivity index (χ3v) is 3.91. The first-order valence-electron chi connectivity index (χ1n) is 6.43. The molecule has 2 aliphatic rings. The predicted molar refractivity (Wildman–Crippen MR) is 71.5 cm³/mol. The number of hydrogen-bond donors (Lipinski definition) is 2. The average Bonchev–Trinajstić information content (AvgIpc) is 2.64. The highest BCUT2D eigenvalue weighted by Crippen LogP contribution is 2.31. The Labute approximate surface area is 111 Å². The molecule has 3 rings (SSSR count). The highest BCUT2D eigenvalue weighted by atomic mass is 16.3. The van der Waals surface area contributed by atoms with Crippen LogP contribution in [0.15, 0.2) is 18.2 Å². The second-order valence-corrected chi connectivity index (χ2v) is 5.50. The van der Waals surface area contributed by atoms with Crippen molar-refractivity contribution >= 4 is 23.1 Å². The van der Waals surface area contributed by atoms with Crippen LogP contribution in [0.3, 0.4) is 0 Å². The molecule has 0 radical (unpaired) electrons. The van der Waals surface area contributed by atoms with Crippen molar-refractivity contribution in [1.29, 1.82) is 0 Å². The normalized spacial score (nSPS) is 21.3. The fourth-order valence-corrected chi connectivity index (χ4v) is 2.58. The van der Waals surface area contributed by atoms with Crippen molar-refractivity contribution < 1.29 is 14.7 Å². The van der Waals surface area contributed by atoms with Gasteiger partial charge in [-0.2, -0.15) is 0 Å². The van der Waals surface area contributed by atoms with E-state index in [0.29, 0.717) is 11.3 Å². The summed E-state index contributed by atoms with van der Waals surface area (Å²) in [6, 6.07) is 5.38. The molecule has 1 aromatic rings. The summed E-state index contributed by atoms with van der Waals surface area (Å²) in [5, 5.41) is 12.5. The Balaban J connectivity index is 1.83. The molecule has 5 nitrogen and oxygen atoms in total. The van der Waals surface area contributed by atoms with Crippen LogP contribution in [0.25, 0.3) is 0 Å². The number of fused-ring (bicyclic) bond motifs is 1. The van der Waals surface area contributed by atoms with Gasteiger partial charge in [0.25, 0.3) is 11.7 Å². The lowest BCUT2D eigenvalue weighted by atomic mass is 9.93. The molecule has 1 fully saturated rings. The lowest BCUT2D eigenvalue weighted by Gasteiger charge is -2.37. The second-order valence-electron chi connectivity index (χ2n) is 5.50. The van der Waals surface area contributed by atoms with Gasteiger partial charge in [0.05, 0.1) is 16.9 Å². The minimum Gasteiger partial charge on any atom is -0.390 e. The van der Waals surface area contributed by atoms with Gasteiger partial charge >= 0.3 is 0 Å². The van der Waals surface area contributed by atoms with E-state index in [4.69, 9.17) is 0 Å². The van der Waals surface area contributed by atoms with Gasteiger partial charge < -0.3 is 15.3 Å². The van der Waals surface area contributed by atoms with Crippen LogP contribution in [0.4, 0.5) is 11.4 Å². The van der Waals surface area contributed by atoms with E-state index in [9.17, 15) is 14.7 Å². The first kappa shape index (κ1) is 12.2.